The van der Waals surface area contributed by atoms with Crippen LogP contribution in [0.15, 0.2) is 146 Å². The van der Waals surface area contributed by atoms with Crippen LogP contribution in [-0.2, 0) is 5.41 Å². The molecular weight excluding hydrogens is 565 g/mol. The number of hydrogen-bond donors (Lipinski definition) is 0. The van der Waals surface area contributed by atoms with Gasteiger partial charge in [0.2, 0.25) is 0 Å². The fraction of sp³-hybridized carbons (Fsp3) is 0.149. The molecule has 47 heavy (non-hydrogen) atoms. The van der Waals surface area contributed by atoms with E-state index in [1.807, 2.05) is 0 Å². The summed E-state index contributed by atoms with van der Waals surface area (Å²) in [5, 5.41) is 12.9. The first-order valence-electron chi connectivity index (χ1n) is 17.0. The third kappa shape index (κ3) is 4.21. The van der Waals surface area contributed by atoms with Gasteiger partial charge in [-0.3, -0.25) is 0 Å². The first-order chi connectivity index (χ1) is 22.9. The van der Waals surface area contributed by atoms with Crippen molar-refractivity contribution < 1.29 is 0 Å². The van der Waals surface area contributed by atoms with Crippen LogP contribution in [0.3, 0.4) is 0 Å². The maximum absolute atomic E-state index is 4.21. The molecule has 226 valence electrons. The second kappa shape index (κ2) is 10.4. The van der Waals surface area contributed by atoms with Crippen molar-refractivity contribution in [3.8, 4) is 22.3 Å². The Kier molecular flexibility index (Phi) is 6.21. The molecule has 8 aromatic rings. The maximum Gasteiger partial charge on any atom is -0.00266 e. The summed E-state index contributed by atoms with van der Waals surface area (Å²) in [4.78, 5) is 0. The Labute approximate surface area is 277 Å². The topological polar surface area (TPSA) is 0 Å². The number of fused-ring (bicyclic) bond motifs is 9. The monoisotopic (exact) mass is 602 g/mol. The molecule has 2 atom stereocenters. The first kappa shape index (κ1) is 28.1. The lowest BCUT2D eigenvalue weighted by molar-refractivity contribution is 0.364. The summed E-state index contributed by atoms with van der Waals surface area (Å²) in [7, 11) is 0. The van der Waals surface area contributed by atoms with Gasteiger partial charge in [-0.1, -0.05) is 142 Å². The summed E-state index contributed by atoms with van der Waals surface area (Å²) in [6, 6.07) is 50.4. The minimum atomic E-state index is 0.0878. The van der Waals surface area contributed by atoms with Crippen LogP contribution in [0.1, 0.15) is 44.2 Å². The normalized spacial score (nSPS) is 17.2. The van der Waals surface area contributed by atoms with Crippen molar-refractivity contribution in [3.05, 3.63) is 157 Å². The molecule has 0 heterocycles. The van der Waals surface area contributed by atoms with E-state index in [2.05, 4.69) is 167 Å². The SMILES string of the molecule is C=CC1C(CC)c2ccc(-c3ccc4c(ccc5cc(-c6ccc7ccc8ccc9ccccc9c8c7c6)ccc54)c3)cc2C1(C)C. The van der Waals surface area contributed by atoms with Gasteiger partial charge in [-0.25, -0.2) is 0 Å². The second-order valence-electron chi connectivity index (χ2n) is 14.1. The zero-order valence-corrected chi connectivity index (χ0v) is 27.3. The van der Waals surface area contributed by atoms with Gasteiger partial charge in [0, 0.05) is 0 Å². The number of benzene rings is 8. The molecule has 0 fully saturated rings. The molecule has 0 heteroatoms. The second-order valence-corrected chi connectivity index (χ2v) is 14.1. The smallest absolute Gasteiger partial charge is 0.00266 e. The molecule has 8 aromatic carbocycles. The van der Waals surface area contributed by atoms with Gasteiger partial charge in [0.1, 0.15) is 0 Å². The largest absolute Gasteiger partial charge is 0.103 e. The molecular formula is C47H38. The predicted octanol–water partition coefficient (Wildman–Crippen LogP) is 13.4. The molecule has 2 unspecified atom stereocenters. The average Bonchev–Trinajstić information content (AvgIpc) is 3.34. The van der Waals surface area contributed by atoms with Crippen molar-refractivity contribution in [1.82, 2.24) is 0 Å². The molecule has 9 rings (SSSR count). The van der Waals surface area contributed by atoms with Gasteiger partial charge in [0.05, 0.1) is 0 Å². The number of rotatable bonds is 4. The van der Waals surface area contributed by atoms with Gasteiger partial charge in [0.25, 0.3) is 0 Å². The Morgan fingerprint density at radius 2 is 1.06 bits per heavy atom. The van der Waals surface area contributed by atoms with E-state index < -0.39 is 0 Å². The van der Waals surface area contributed by atoms with Crippen LogP contribution in [0.4, 0.5) is 0 Å². The standard InChI is InChI=1S/C47H38/c1-5-38-42-24-21-35(28-45(42)47(3,4)44(38)6-2)33-20-23-40-37(26-33)18-17-36-25-32(19-22-39(36)40)34-16-13-30-12-15-31-14-11-29-9-7-8-10-41(29)46(31)43(30)27-34/h6-28,38,44H,2,5H2,1,3-4H3. The summed E-state index contributed by atoms with van der Waals surface area (Å²) in [6.07, 6.45) is 3.33. The Bertz CT molecular complexity index is 2560. The zero-order valence-electron chi connectivity index (χ0n) is 27.3. The molecule has 0 saturated heterocycles. The summed E-state index contributed by atoms with van der Waals surface area (Å²) in [5.74, 6) is 1.02. The van der Waals surface area contributed by atoms with Gasteiger partial charge in [-0.05, 0) is 129 Å². The van der Waals surface area contributed by atoms with Crippen LogP contribution in [0.25, 0.3) is 76.1 Å². The highest BCUT2D eigenvalue weighted by Gasteiger charge is 2.43. The van der Waals surface area contributed by atoms with E-state index in [-0.39, 0.29) is 5.41 Å². The fourth-order valence-corrected chi connectivity index (χ4v) is 8.86. The van der Waals surface area contributed by atoms with Crippen molar-refractivity contribution in [1.29, 1.82) is 0 Å². The lowest BCUT2D eigenvalue weighted by Crippen LogP contribution is -2.24. The summed E-state index contributed by atoms with van der Waals surface area (Å²) in [5.41, 5.74) is 8.14. The molecule has 0 spiro atoms. The highest BCUT2D eigenvalue weighted by atomic mass is 14.5. The maximum atomic E-state index is 4.21. The molecule has 0 nitrogen and oxygen atoms in total. The van der Waals surface area contributed by atoms with E-state index >= 15 is 0 Å². The third-order valence-corrected chi connectivity index (χ3v) is 11.3. The van der Waals surface area contributed by atoms with Crippen molar-refractivity contribution in [2.75, 3.05) is 0 Å². The quantitative estimate of drug-likeness (QED) is 0.139. The number of hydrogen-bond acceptors (Lipinski definition) is 0. The molecule has 0 saturated carbocycles. The molecule has 0 bridgehead atoms. The molecule has 1 aliphatic rings. The molecule has 0 amide bonds. The highest BCUT2D eigenvalue weighted by molar-refractivity contribution is 6.20. The van der Waals surface area contributed by atoms with Crippen molar-refractivity contribution >= 4 is 53.9 Å². The summed E-state index contributed by atoms with van der Waals surface area (Å²) >= 11 is 0. The van der Waals surface area contributed by atoms with Gasteiger partial charge in [-0.15, -0.1) is 6.58 Å². The Balaban J connectivity index is 1.12. The fourth-order valence-electron chi connectivity index (χ4n) is 8.86. The molecule has 1 aliphatic carbocycles. The Morgan fingerprint density at radius 1 is 0.532 bits per heavy atom. The number of allylic oxidation sites excluding steroid dienone is 1. The lowest BCUT2D eigenvalue weighted by Gasteiger charge is -2.28. The van der Waals surface area contributed by atoms with Gasteiger partial charge < -0.3 is 0 Å². The van der Waals surface area contributed by atoms with Gasteiger partial charge in [0.15, 0.2) is 0 Å². The Hall–Kier alpha value is -5.20. The summed E-state index contributed by atoms with van der Waals surface area (Å²) in [6.45, 7) is 11.3. The first-order valence-corrected chi connectivity index (χ1v) is 17.0. The van der Waals surface area contributed by atoms with E-state index in [1.165, 1.54) is 87.2 Å². The van der Waals surface area contributed by atoms with Crippen molar-refractivity contribution in [3.63, 3.8) is 0 Å². The van der Waals surface area contributed by atoms with E-state index in [4.69, 9.17) is 0 Å². The third-order valence-electron chi connectivity index (χ3n) is 11.3. The highest BCUT2D eigenvalue weighted by Crippen LogP contribution is 2.53. The average molecular weight is 603 g/mol. The van der Waals surface area contributed by atoms with E-state index in [0.717, 1.165) is 6.42 Å². The van der Waals surface area contributed by atoms with Crippen molar-refractivity contribution in [2.24, 2.45) is 5.92 Å². The Morgan fingerprint density at radius 3 is 1.74 bits per heavy atom. The van der Waals surface area contributed by atoms with E-state index in [0.29, 0.717) is 11.8 Å². The minimum absolute atomic E-state index is 0.0878. The minimum Gasteiger partial charge on any atom is -0.103 e. The lowest BCUT2D eigenvalue weighted by atomic mass is 9.75. The van der Waals surface area contributed by atoms with Crippen LogP contribution in [0, 0.1) is 5.92 Å². The van der Waals surface area contributed by atoms with E-state index in [1.54, 1.807) is 0 Å². The van der Waals surface area contributed by atoms with Gasteiger partial charge in [-0.2, -0.15) is 0 Å². The van der Waals surface area contributed by atoms with Crippen LogP contribution in [0.2, 0.25) is 0 Å². The molecule has 0 radical (unpaired) electrons. The van der Waals surface area contributed by atoms with Crippen LogP contribution < -0.4 is 0 Å². The van der Waals surface area contributed by atoms with Crippen LogP contribution in [0.5, 0.6) is 0 Å². The van der Waals surface area contributed by atoms with Crippen molar-refractivity contribution in [2.45, 2.75) is 38.5 Å². The van der Waals surface area contributed by atoms with E-state index in [9.17, 15) is 0 Å². The van der Waals surface area contributed by atoms with Crippen LogP contribution >= 0.6 is 0 Å². The molecule has 0 N–H and O–H groups in total. The molecule has 0 aromatic heterocycles. The zero-order chi connectivity index (χ0) is 31.9. The summed E-state index contributed by atoms with van der Waals surface area (Å²) < 4.78 is 0. The predicted molar refractivity (Wildman–Crippen MR) is 205 cm³/mol. The van der Waals surface area contributed by atoms with Gasteiger partial charge >= 0.3 is 0 Å². The van der Waals surface area contributed by atoms with Crippen LogP contribution in [-0.4, -0.2) is 0 Å². The molecule has 0 aliphatic heterocycles.